The van der Waals surface area contributed by atoms with Crippen molar-refractivity contribution in [2.45, 2.75) is 5.54 Å². The Labute approximate surface area is 312 Å². The lowest BCUT2D eigenvalue weighted by Crippen LogP contribution is -2.43. The SMILES string of the molecule is CNC/C(=C\N(C)C(c1ccccc1)(c1ccccc1)c1ccccc1)c1ccc2ncc(-c3ccc(C(=O)N(C)c4ccc(F)cc4F)c(F)c3)n2c1. The first-order valence-corrected chi connectivity index (χ1v) is 17.5. The third kappa shape index (κ3) is 6.66. The first-order chi connectivity index (χ1) is 26.2. The van der Waals surface area contributed by atoms with Crippen LogP contribution < -0.4 is 10.2 Å². The fraction of sp³-hybridized carbons (Fsp3) is 0.111. The number of carbonyl (C=O) groups is 1. The highest BCUT2D eigenvalue weighted by Crippen LogP contribution is 2.42. The molecule has 0 bridgehead atoms. The zero-order valence-electron chi connectivity index (χ0n) is 30.0. The summed E-state index contributed by atoms with van der Waals surface area (Å²) in [5.41, 5.74) is 5.91. The van der Waals surface area contributed by atoms with Crippen LogP contribution in [0.2, 0.25) is 0 Å². The van der Waals surface area contributed by atoms with E-state index in [-0.39, 0.29) is 11.3 Å². The summed E-state index contributed by atoms with van der Waals surface area (Å²) in [5.74, 6) is -3.25. The van der Waals surface area contributed by atoms with Gasteiger partial charge in [0.05, 0.1) is 23.1 Å². The van der Waals surface area contributed by atoms with Crippen LogP contribution in [0.1, 0.15) is 32.6 Å². The van der Waals surface area contributed by atoms with Crippen LogP contribution in [0.3, 0.4) is 0 Å². The molecule has 0 saturated carbocycles. The maximum absolute atomic E-state index is 15.7. The summed E-state index contributed by atoms with van der Waals surface area (Å²) in [5, 5.41) is 3.33. The number of rotatable bonds is 11. The van der Waals surface area contributed by atoms with Gasteiger partial charge in [-0.15, -0.1) is 0 Å². The molecule has 0 radical (unpaired) electrons. The standard InChI is InChI=1S/C45H38F3N5O/c1-49-27-33(29-51(2)45(34-13-7-4-8-14-34,35-15-9-5-10-16-35)36-17-11-6-12-18-36)32-20-24-43-50-28-42(53(43)30-32)31-19-22-38(39(47)25-31)44(54)52(3)41-23-21-37(46)26-40(41)48/h4-26,28-30,49H,27H2,1-3H3/b33-29+. The molecule has 270 valence electrons. The van der Waals surface area contributed by atoms with Crippen molar-refractivity contribution in [3.05, 3.63) is 203 Å². The summed E-state index contributed by atoms with van der Waals surface area (Å²) in [7, 11) is 5.31. The molecule has 0 saturated heterocycles. The Morgan fingerprint density at radius 2 is 1.37 bits per heavy atom. The molecule has 0 aliphatic heterocycles. The van der Waals surface area contributed by atoms with E-state index in [0.29, 0.717) is 29.5 Å². The van der Waals surface area contributed by atoms with E-state index >= 15 is 4.39 Å². The zero-order chi connectivity index (χ0) is 37.8. The number of fused-ring (bicyclic) bond motifs is 1. The highest BCUT2D eigenvalue weighted by atomic mass is 19.1. The molecule has 2 heterocycles. The van der Waals surface area contributed by atoms with Crippen LogP contribution in [0.15, 0.2) is 158 Å². The van der Waals surface area contributed by atoms with Crippen molar-refractivity contribution in [3.8, 4) is 11.3 Å². The molecule has 7 rings (SSSR count). The van der Waals surface area contributed by atoms with Gasteiger partial charge in [0, 0.05) is 44.7 Å². The number of nitrogens with zero attached hydrogens (tertiary/aromatic N) is 4. The number of benzene rings is 5. The second-order valence-electron chi connectivity index (χ2n) is 13.0. The Kier molecular flexibility index (Phi) is 10.2. The predicted molar refractivity (Wildman–Crippen MR) is 209 cm³/mol. The van der Waals surface area contributed by atoms with Gasteiger partial charge in [-0.2, -0.15) is 0 Å². The number of halogens is 3. The second-order valence-corrected chi connectivity index (χ2v) is 13.0. The number of imidazole rings is 1. The van der Waals surface area contributed by atoms with Crippen LogP contribution in [0.5, 0.6) is 0 Å². The average Bonchev–Trinajstić information content (AvgIpc) is 3.62. The van der Waals surface area contributed by atoms with Gasteiger partial charge in [0.15, 0.2) is 0 Å². The smallest absolute Gasteiger partial charge is 0.261 e. The van der Waals surface area contributed by atoms with Gasteiger partial charge >= 0.3 is 0 Å². The van der Waals surface area contributed by atoms with Crippen molar-refractivity contribution in [1.82, 2.24) is 19.6 Å². The number of aromatic nitrogens is 2. The molecule has 0 atom stereocenters. The molecule has 1 N–H and O–H groups in total. The van der Waals surface area contributed by atoms with E-state index in [9.17, 15) is 13.6 Å². The van der Waals surface area contributed by atoms with Crippen molar-refractivity contribution in [2.24, 2.45) is 0 Å². The molecule has 9 heteroatoms. The van der Waals surface area contributed by atoms with Crippen molar-refractivity contribution in [3.63, 3.8) is 0 Å². The van der Waals surface area contributed by atoms with E-state index in [1.165, 1.54) is 19.2 Å². The Bertz CT molecular complexity index is 2350. The summed E-state index contributed by atoms with van der Waals surface area (Å²) >= 11 is 0. The number of carbonyl (C=O) groups excluding carboxylic acids is 1. The number of likely N-dealkylation sites (N-methyl/N-ethyl adjacent to an activating group) is 1. The first kappa shape index (κ1) is 35.9. The normalized spacial score (nSPS) is 11.9. The van der Waals surface area contributed by atoms with Crippen LogP contribution in [-0.4, -0.2) is 47.9 Å². The molecule has 54 heavy (non-hydrogen) atoms. The minimum atomic E-state index is -0.923. The van der Waals surface area contributed by atoms with E-state index in [2.05, 4.69) is 101 Å². The minimum Gasteiger partial charge on any atom is -0.363 e. The van der Waals surface area contributed by atoms with Crippen molar-refractivity contribution in [2.75, 3.05) is 32.6 Å². The van der Waals surface area contributed by atoms with Gasteiger partial charge in [-0.3, -0.25) is 9.20 Å². The van der Waals surface area contributed by atoms with E-state index in [4.69, 9.17) is 0 Å². The summed E-state index contributed by atoms with van der Waals surface area (Å²) < 4.78 is 45.5. The fourth-order valence-corrected chi connectivity index (χ4v) is 7.17. The maximum Gasteiger partial charge on any atom is 0.261 e. The van der Waals surface area contributed by atoms with Gasteiger partial charge in [0.25, 0.3) is 5.91 Å². The largest absolute Gasteiger partial charge is 0.363 e. The molecule has 0 aliphatic rings. The van der Waals surface area contributed by atoms with Gasteiger partial charge < -0.3 is 15.1 Å². The third-order valence-corrected chi connectivity index (χ3v) is 9.77. The Hall–Kier alpha value is -6.45. The van der Waals surface area contributed by atoms with E-state index in [1.807, 2.05) is 48.0 Å². The molecular formula is C45H38F3N5O. The lowest BCUT2D eigenvalue weighted by molar-refractivity contribution is 0.0988. The van der Waals surface area contributed by atoms with Gasteiger partial charge in [0.1, 0.15) is 28.6 Å². The van der Waals surface area contributed by atoms with Crippen molar-refractivity contribution < 1.29 is 18.0 Å². The molecule has 1 amide bonds. The zero-order valence-corrected chi connectivity index (χ0v) is 30.0. The van der Waals surface area contributed by atoms with Crippen molar-refractivity contribution in [1.29, 1.82) is 0 Å². The van der Waals surface area contributed by atoms with E-state index in [1.54, 1.807) is 12.3 Å². The van der Waals surface area contributed by atoms with Crippen LogP contribution in [0, 0.1) is 17.5 Å². The summed E-state index contributed by atoms with van der Waals surface area (Å²) in [4.78, 5) is 21.0. The average molecular weight is 722 g/mol. The lowest BCUT2D eigenvalue weighted by atomic mass is 9.76. The molecule has 7 aromatic rings. The fourth-order valence-electron chi connectivity index (χ4n) is 7.17. The number of hydrogen-bond acceptors (Lipinski definition) is 4. The van der Waals surface area contributed by atoms with Gasteiger partial charge in [-0.1, -0.05) is 97.1 Å². The molecule has 6 nitrogen and oxygen atoms in total. The molecule has 0 fully saturated rings. The molecule has 0 unspecified atom stereocenters. The van der Waals surface area contributed by atoms with Gasteiger partial charge in [-0.05, 0) is 71.3 Å². The quantitative estimate of drug-likeness (QED) is 0.136. The predicted octanol–water partition coefficient (Wildman–Crippen LogP) is 9.18. The highest BCUT2D eigenvalue weighted by Gasteiger charge is 2.39. The Morgan fingerprint density at radius 3 is 1.93 bits per heavy atom. The molecule has 0 spiro atoms. The summed E-state index contributed by atoms with van der Waals surface area (Å²) in [6.07, 6.45) is 5.81. The Balaban J connectivity index is 1.29. The first-order valence-electron chi connectivity index (χ1n) is 17.5. The number of hydrogen-bond donors (Lipinski definition) is 1. The van der Waals surface area contributed by atoms with Crippen LogP contribution in [0.25, 0.3) is 22.5 Å². The number of amides is 1. The van der Waals surface area contributed by atoms with Crippen molar-refractivity contribution >= 4 is 22.8 Å². The highest BCUT2D eigenvalue weighted by molar-refractivity contribution is 6.06. The third-order valence-electron chi connectivity index (χ3n) is 9.77. The number of pyridine rings is 1. The van der Waals surface area contributed by atoms with E-state index < -0.39 is 28.9 Å². The maximum atomic E-state index is 15.7. The number of nitrogens with one attached hydrogen (secondary N) is 1. The molecule has 2 aromatic heterocycles. The summed E-state index contributed by atoms with van der Waals surface area (Å²) in [6, 6.07) is 42.4. The van der Waals surface area contributed by atoms with Crippen LogP contribution >= 0.6 is 0 Å². The molecular weight excluding hydrogens is 684 g/mol. The molecule has 0 aliphatic carbocycles. The monoisotopic (exact) mass is 721 g/mol. The van der Waals surface area contributed by atoms with Gasteiger partial charge in [-0.25, -0.2) is 18.2 Å². The Morgan fingerprint density at radius 1 is 0.759 bits per heavy atom. The number of anilines is 1. The van der Waals surface area contributed by atoms with Crippen LogP contribution in [-0.2, 0) is 5.54 Å². The lowest BCUT2D eigenvalue weighted by Gasteiger charge is -2.43. The minimum absolute atomic E-state index is 0.163. The van der Waals surface area contributed by atoms with Crippen LogP contribution in [0.4, 0.5) is 18.9 Å². The van der Waals surface area contributed by atoms with Gasteiger partial charge in [0.2, 0.25) is 0 Å². The topological polar surface area (TPSA) is 52.9 Å². The molecule has 5 aromatic carbocycles. The van der Waals surface area contributed by atoms with E-state index in [0.717, 1.165) is 44.9 Å². The summed E-state index contributed by atoms with van der Waals surface area (Å²) in [6.45, 7) is 0.544. The second kappa shape index (κ2) is 15.3.